The molecule has 1 amide bonds. The Balaban J connectivity index is 2.34. The maximum Gasteiger partial charge on any atom is 0.253 e. The number of aromatic nitrogens is 1. The Morgan fingerprint density at radius 3 is 2.94 bits per heavy atom. The van der Waals surface area contributed by atoms with Crippen LogP contribution in [0.15, 0.2) is 12.3 Å². The summed E-state index contributed by atoms with van der Waals surface area (Å²) in [6.07, 6.45) is 1.53. The minimum absolute atomic E-state index is 0.192. The molecule has 3 N–H and O–H groups in total. The van der Waals surface area contributed by atoms with Gasteiger partial charge in [-0.1, -0.05) is 0 Å². The molecule has 0 bridgehead atoms. The maximum atomic E-state index is 11.8. The van der Waals surface area contributed by atoms with Crippen LogP contribution in [0.5, 0.6) is 0 Å². The van der Waals surface area contributed by atoms with Crippen LogP contribution >= 0.6 is 0 Å². The number of aryl methyl sites for hydroxylation is 1. The molecule has 0 aliphatic carbocycles. The summed E-state index contributed by atoms with van der Waals surface area (Å²) in [7, 11) is 1.61. The highest BCUT2D eigenvalue weighted by Gasteiger charge is 2.09. The molecule has 0 atom stereocenters. The van der Waals surface area contributed by atoms with Crippen LogP contribution in [0.4, 0.5) is 5.69 Å². The number of carbonyl (C=O) groups is 1. The van der Waals surface area contributed by atoms with Crippen molar-refractivity contribution in [3.63, 3.8) is 0 Å². The van der Waals surface area contributed by atoms with Crippen LogP contribution in [0.2, 0.25) is 0 Å². The van der Waals surface area contributed by atoms with Gasteiger partial charge in [0.15, 0.2) is 0 Å². The summed E-state index contributed by atoms with van der Waals surface area (Å²) in [5.41, 5.74) is 7.22. The fourth-order valence-corrected chi connectivity index (χ4v) is 1.36. The standard InChI is InChI=1S/C12H19N3O3/c1-9-11(7-10(13)8-15-9)12(16)14-3-4-18-6-5-17-2/h7-8H,3-6,13H2,1-2H3,(H,14,16). The molecule has 0 unspecified atom stereocenters. The number of amides is 1. The number of nitrogens with one attached hydrogen (secondary N) is 1. The van der Waals surface area contributed by atoms with Crippen LogP contribution in [0.1, 0.15) is 16.1 Å². The third kappa shape index (κ3) is 4.68. The van der Waals surface area contributed by atoms with E-state index in [1.54, 1.807) is 20.1 Å². The van der Waals surface area contributed by atoms with E-state index in [1.165, 1.54) is 6.20 Å². The number of methoxy groups -OCH3 is 1. The van der Waals surface area contributed by atoms with E-state index in [0.717, 1.165) is 0 Å². The molecule has 0 saturated heterocycles. The average Bonchev–Trinajstić information content (AvgIpc) is 2.36. The largest absolute Gasteiger partial charge is 0.397 e. The lowest BCUT2D eigenvalue weighted by molar-refractivity contribution is 0.0692. The van der Waals surface area contributed by atoms with Crippen molar-refractivity contribution in [3.05, 3.63) is 23.5 Å². The van der Waals surface area contributed by atoms with E-state index < -0.39 is 0 Å². The Hall–Kier alpha value is -1.66. The fraction of sp³-hybridized carbons (Fsp3) is 0.500. The minimum atomic E-state index is -0.192. The van der Waals surface area contributed by atoms with Crippen LogP contribution < -0.4 is 11.1 Å². The third-order valence-electron chi connectivity index (χ3n) is 2.32. The summed E-state index contributed by atoms with van der Waals surface area (Å²) in [5.74, 6) is -0.192. The van der Waals surface area contributed by atoms with Gasteiger partial charge in [-0.05, 0) is 13.0 Å². The molecule has 1 aromatic rings. The van der Waals surface area contributed by atoms with Gasteiger partial charge in [-0.25, -0.2) is 0 Å². The van der Waals surface area contributed by atoms with Crippen molar-refractivity contribution in [2.75, 3.05) is 39.2 Å². The average molecular weight is 253 g/mol. The highest BCUT2D eigenvalue weighted by molar-refractivity contribution is 5.95. The van der Waals surface area contributed by atoms with Crippen molar-refractivity contribution >= 4 is 11.6 Å². The van der Waals surface area contributed by atoms with Gasteiger partial charge in [0, 0.05) is 13.7 Å². The molecule has 100 valence electrons. The monoisotopic (exact) mass is 253 g/mol. The molecule has 1 rings (SSSR count). The first-order valence-electron chi connectivity index (χ1n) is 5.72. The summed E-state index contributed by atoms with van der Waals surface area (Å²) >= 11 is 0. The van der Waals surface area contributed by atoms with Crippen LogP contribution in [-0.2, 0) is 9.47 Å². The second-order valence-electron chi connectivity index (χ2n) is 3.76. The van der Waals surface area contributed by atoms with Crippen molar-refractivity contribution in [1.82, 2.24) is 10.3 Å². The summed E-state index contributed by atoms with van der Waals surface area (Å²) < 4.78 is 10.1. The lowest BCUT2D eigenvalue weighted by Crippen LogP contribution is -2.28. The van der Waals surface area contributed by atoms with Gasteiger partial charge < -0.3 is 20.5 Å². The van der Waals surface area contributed by atoms with E-state index in [2.05, 4.69) is 10.3 Å². The molecule has 0 aliphatic heterocycles. The van der Waals surface area contributed by atoms with Crippen LogP contribution in [0, 0.1) is 6.92 Å². The Labute approximate surface area is 106 Å². The van der Waals surface area contributed by atoms with Gasteiger partial charge >= 0.3 is 0 Å². The van der Waals surface area contributed by atoms with Gasteiger partial charge in [0.05, 0.1) is 43.0 Å². The number of ether oxygens (including phenoxy) is 2. The molecule has 6 nitrogen and oxygen atoms in total. The van der Waals surface area contributed by atoms with Crippen molar-refractivity contribution in [2.24, 2.45) is 0 Å². The predicted molar refractivity (Wildman–Crippen MR) is 68.4 cm³/mol. The summed E-state index contributed by atoms with van der Waals surface area (Å²) in [4.78, 5) is 15.9. The summed E-state index contributed by atoms with van der Waals surface area (Å²) in [6.45, 7) is 3.72. The first kappa shape index (κ1) is 14.4. The zero-order chi connectivity index (χ0) is 13.4. The SMILES string of the molecule is COCCOCCNC(=O)c1cc(N)cnc1C. The number of pyridine rings is 1. The number of anilines is 1. The smallest absolute Gasteiger partial charge is 0.253 e. The number of hydrogen-bond donors (Lipinski definition) is 2. The second kappa shape index (κ2) is 7.62. The van der Waals surface area contributed by atoms with E-state index in [9.17, 15) is 4.79 Å². The summed E-state index contributed by atoms with van der Waals surface area (Å²) in [5, 5.41) is 2.74. The highest BCUT2D eigenvalue weighted by atomic mass is 16.5. The zero-order valence-corrected chi connectivity index (χ0v) is 10.7. The molecule has 0 saturated carbocycles. The van der Waals surface area contributed by atoms with Crippen LogP contribution in [-0.4, -0.2) is 44.4 Å². The van der Waals surface area contributed by atoms with Gasteiger partial charge in [0.2, 0.25) is 0 Å². The Bertz CT molecular complexity index is 396. The third-order valence-corrected chi connectivity index (χ3v) is 2.32. The van der Waals surface area contributed by atoms with Gasteiger partial charge in [-0.3, -0.25) is 9.78 Å². The van der Waals surface area contributed by atoms with Crippen molar-refractivity contribution in [3.8, 4) is 0 Å². The van der Waals surface area contributed by atoms with E-state index in [4.69, 9.17) is 15.2 Å². The van der Waals surface area contributed by atoms with Gasteiger partial charge in [0.25, 0.3) is 5.91 Å². The van der Waals surface area contributed by atoms with Crippen molar-refractivity contribution in [1.29, 1.82) is 0 Å². The zero-order valence-electron chi connectivity index (χ0n) is 10.7. The van der Waals surface area contributed by atoms with Gasteiger partial charge in [-0.15, -0.1) is 0 Å². The molecule has 0 spiro atoms. The first-order valence-corrected chi connectivity index (χ1v) is 5.72. The molecular formula is C12H19N3O3. The van der Waals surface area contributed by atoms with E-state index >= 15 is 0 Å². The topological polar surface area (TPSA) is 86.5 Å². The predicted octanol–water partition coefficient (Wildman–Crippen LogP) is 0.365. The Morgan fingerprint density at radius 2 is 2.22 bits per heavy atom. The lowest BCUT2D eigenvalue weighted by atomic mass is 10.2. The van der Waals surface area contributed by atoms with Crippen LogP contribution in [0.3, 0.4) is 0 Å². The minimum Gasteiger partial charge on any atom is -0.397 e. The fourth-order valence-electron chi connectivity index (χ4n) is 1.36. The van der Waals surface area contributed by atoms with E-state index in [0.29, 0.717) is 43.3 Å². The quantitative estimate of drug-likeness (QED) is 0.685. The summed E-state index contributed by atoms with van der Waals surface area (Å²) in [6, 6.07) is 1.61. The highest BCUT2D eigenvalue weighted by Crippen LogP contribution is 2.08. The molecule has 6 heteroatoms. The van der Waals surface area contributed by atoms with Crippen molar-refractivity contribution in [2.45, 2.75) is 6.92 Å². The molecule has 0 fully saturated rings. The number of hydrogen-bond acceptors (Lipinski definition) is 5. The normalized spacial score (nSPS) is 10.3. The number of carbonyl (C=O) groups excluding carboxylic acids is 1. The molecule has 0 radical (unpaired) electrons. The van der Waals surface area contributed by atoms with E-state index in [1.807, 2.05) is 0 Å². The Morgan fingerprint density at radius 1 is 1.44 bits per heavy atom. The van der Waals surface area contributed by atoms with Gasteiger partial charge in [-0.2, -0.15) is 0 Å². The molecule has 0 aliphatic rings. The number of rotatable bonds is 7. The van der Waals surface area contributed by atoms with Crippen molar-refractivity contribution < 1.29 is 14.3 Å². The Kier molecular flexibility index (Phi) is 6.10. The molecule has 1 heterocycles. The number of nitrogen functional groups attached to an aromatic ring is 1. The molecule has 0 aromatic carbocycles. The molecule has 18 heavy (non-hydrogen) atoms. The maximum absolute atomic E-state index is 11.8. The number of nitrogens with zero attached hydrogens (tertiary/aromatic N) is 1. The van der Waals surface area contributed by atoms with Gasteiger partial charge in [0.1, 0.15) is 0 Å². The van der Waals surface area contributed by atoms with E-state index in [-0.39, 0.29) is 5.91 Å². The molecule has 1 aromatic heterocycles. The first-order chi connectivity index (χ1) is 8.65. The van der Waals surface area contributed by atoms with Crippen LogP contribution in [0.25, 0.3) is 0 Å². The second-order valence-corrected chi connectivity index (χ2v) is 3.76. The number of nitrogens with two attached hydrogens (primary N) is 1. The molecular weight excluding hydrogens is 234 g/mol. The lowest BCUT2D eigenvalue weighted by Gasteiger charge is -2.08.